The lowest BCUT2D eigenvalue weighted by Gasteiger charge is -2.13. The second-order valence-corrected chi connectivity index (χ2v) is 3.81. The van der Waals surface area contributed by atoms with Gasteiger partial charge in [-0.2, -0.15) is 0 Å². The number of aliphatic carboxylic acids is 1. The van der Waals surface area contributed by atoms with Crippen molar-refractivity contribution in [1.82, 2.24) is 5.32 Å². The summed E-state index contributed by atoms with van der Waals surface area (Å²) in [5.41, 5.74) is 0.975. The molecule has 0 aliphatic carbocycles. The van der Waals surface area contributed by atoms with Crippen LogP contribution in [0.25, 0.3) is 0 Å². The normalized spacial score (nSPS) is 12.1. The molecule has 1 rings (SSSR count). The van der Waals surface area contributed by atoms with Crippen molar-refractivity contribution in [2.24, 2.45) is 0 Å². The Labute approximate surface area is 107 Å². The monoisotopic (exact) mass is 253 g/mol. The maximum atomic E-state index is 10.9. The molecule has 0 aromatic heterocycles. The number of methoxy groups -OCH3 is 1. The Bertz CT molecular complexity index is 381. The zero-order chi connectivity index (χ0) is 13.4. The Balaban J connectivity index is 2.55. The zero-order valence-electron chi connectivity index (χ0n) is 10.7. The van der Waals surface area contributed by atoms with Gasteiger partial charge in [-0.15, -0.1) is 0 Å². The number of ether oxygens (including phenoxy) is 2. The molecule has 5 heteroatoms. The summed E-state index contributed by atoms with van der Waals surface area (Å²) in [5, 5.41) is 11.9. The Morgan fingerprint density at radius 2 is 2.28 bits per heavy atom. The maximum absolute atomic E-state index is 10.9. The average molecular weight is 253 g/mol. The van der Waals surface area contributed by atoms with Gasteiger partial charge < -0.3 is 14.6 Å². The van der Waals surface area contributed by atoms with E-state index in [-0.39, 0.29) is 6.61 Å². The minimum absolute atomic E-state index is 0.139. The summed E-state index contributed by atoms with van der Waals surface area (Å²) in [6.07, 6.45) is 0. The number of carboxylic acids is 1. The van der Waals surface area contributed by atoms with Crippen LogP contribution in [0, 0.1) is 0 Å². The highest BCUT2D eigenvalue weighted by Gasteiger charge is 2.15. The molecule has 0 spiro atoms. The summed E-state index contributed by atoms with van der Waals surface area (Å²) in [4.78, 5) is 10.9. The average Bonchev–Trinajstić information content (AvgIpc) is 2.35. The molecule has 1 aromatic rings. The lowest BCUT2D eigenvalue weighted by Crippen LogP contribution is -2.39. The van der Waals surface area contributed by atoms with Gasteiger partial charge in [0.05, 0.1) is 13.2 Å². The molecule has 18 heavy (non-hydrogen) atoms. The lowest BCUT2D eigenvalue weighted by molar-refractivity contribution is -0.140. The first-order chi connectivity index (χ1) is 8.67. The van der Waals surface area contributed by atoms with Crippen LogP contribution in [0.3, 0.4) is 0 Å². The van der Waals surface area contributed by atoms with Crippen LogP contribution in [0.5, 0.6) is 5.75 Å². The highest BCUT2D eigenvalue weighted by molar-refractivity contribution is 5.73. The van der Waals surface area contributed by atoms with Crippen molar-refractivity contribution in [2.45, 2.75) is 19.5 Å². The SMILES string of the molecule is CCOc1cccc(CNC(COC)C(=O)O)c1. The quantitative estimate of drug-likeness (QED) is 0.730. The third kappa shape index (κ3) is 4.73. The standard InChI is InChI=1S/C13H19NO4/c1-3-18-11-6-4-5-10(7-11)8-14-12(9-17-2)13(15)16/h4-7,12,14H,3,8-9H2,1-2H3,(H,15,16). The molecule has 1 unspecified atom stereocenters. The maximum Gasteiger partial charge on any atom is 0.323 e. The molecule has 5 nitrogen and oxygen atoms in total. The predicted molar refractivity (Wildman–Crippen MR) is 67.8 cm³/mol. The van der Waals surface area contributed by atoms with Gasteiger partial charge in [0.15, 0.2) is 0 Å². The Hall–Kier alpha value is -1.59. The fraction of sp³-hybridized carbons (Fsp3) is 0.462. The highest BCUT2D eigenvalue weighted by Crippen LogP contribution is 2.13. The van der Waals surface area contributed by atoms with E-state index in [1.54, 1.807) is 0 Å². The zero-order valence-corrected chi connectivity index (χ0v) is 10.7. The van der Waals surface area contributed by atoms with Gasteiger partial charge in [0.1, 0.15) is 11.8 Å². The van der Waals surface area contributed by atoms with Crippen LogP contribution in [0.15, 0.2) is 24.3 Å². The number of hydrogen-bond donors (Lipinski definition) is 2. The van der Waals surface area contributed by atoms with Crippen LogP contribution in [0.4, 0.5) is 0 Å². The van der Waals surface area contributed by atoms with Crippen molar-refractivity contribution in [1.29, 1.82) is 0 Å². The fourth-order valence-corrected chi connectivity index (χ4v) is 1.54. The Kier molecular flexibility index (Phi) is 6.18. The van der Waals surface area contributed by atoms with E-state index < -0.39 is 12.0 Å². The van der Waals surface area contributed by atoms with Gasteiger partial charge in [0, 0.05) is 13.7 Å². The van der Waals surface area contributed by atoms with Crippen molar-refractivity contribution < 1.29 is 19.4 Å². The van der Waals surface area contributed by atoms with Crippen molar-refractivity contribution in [3.05, 3.63) is 29.8 Å². The summed E-state index contributed by atoms with van der Waals surface area (Å²) < 4.78 is 10.2. The van der Waals surface area contributed by atoms with Crippen molar-refractivity contribution in [3.63, 3.8) is 0 Å². The Morgan fingerprint density at radius 1 is 1.50 bits per heavy atom. The van der Waals surface area contributed by atoms with Gasteiger partial charge in [-0.05, 0) is 24.6 Å². The van der Waals surface area contributed by atoms with E-state index in [1.165, 1.54) is 7.11 Å². The van der Waals surface area contributed by atoms with Crippen LogP contribution in [0.2, 0.25) is 0 Å². The minimum Gasteiger partial charge on any atom is -0.494 e. The first-order valence-electron chi connectivity index (χ1n) is 5.84. The smallest absolute Gasteiger partial charge is 0.323 e. The number of nitrogens with one attached hydrogen (secondary N) is 1. The molecule has 0 bridgehead atoms. The molecular weight excluding hydrogens is 234 g/mol. The van der Waals surface area contributed by atoms with Crippen LogP contribution >= 0.6 is 0 Å². The Morgan fingerprint density at radius 3 is 2.89 bits per heavy atom. The highest BCUT2D eigenvalue weighted by atomic mass is 16.5. The molecule has 0 aliphatic heterocycles. The van der Waals surface area contributed by atoms with E-state index in [9.17, 15) is 4.79 Å². The molecule has 100 valence electrons. The molecule has 0 fully saturated rings. The predicted octanol–water partition coefficient (Wildman–Crippen LogP) is 1.27. The summed E-state index contributed by atoms with van der Waals surface area (Å²) >= 11 is 0. The van der Waals surface area contributed by atoms with Gasteiger partial charge in [-0.3, -0.25) is 10.1 Å². The molecular formula is C13H19NO4. The molecule has 1 aromatic carbocycles. The van der Waals surface area contributed by atoms with Gasteiger partial charge >= 0.3 is 5.97 Å². The molecule has 0 saturated heterocycles. The third-order valence-corrected chi connectivity index (χ3v) is 2.39. The fourth-order valence-electron chi connectivity index (χ4n) is 1.54. The van der Waals surface area contributed by atoms with E-state index in [2.05, 4.69) is 5.32 Å². The van der Waals surface area contributed by atoms with Crippen molar-refractivity contribution in [2.75, 3.05) is 20.3 Å². The number of benzene rings is 1. The van der Waals surface area contributed by atoms with Crippen molar-refractivity contribution >= 4 is 5.97 Å². The summed E-state index contributed by atoms with van der Waals surface area (Å²) in [6.45, 7) is 3.13. The molecule has 0 radical (unpaired) electrons. The van der Waals surface area contributed by atoms with Crippen LogP contribution in [0.1, 0.15) is 12.5 Å². The topological polar surface area (TPSA) is 67.8 Å². The second kappa shape index (κ2) is 7.68. The van der Waals surface area contributed by atoms with Gasteiger partial charge in [0.2, 0.25) is 0 Å². The molecule has 0 aliphatic rings. The number of rotatable bonds is 8. The summed E-state index contributed by atoms with van der Waals surface area (Å²) in [5.74, 6) is -0.131. The van der Waals surface area contributed by atoms with Crippen LogP contribution < -0.4 is 10.1 Å². The third-order valence-electron chi connectivity index (χ3n) is 2.39. The second-order valence-electron chi connectivity index (χ2n) is 3.81. The minimum atomic E-state index is -0.919. The molecule has 0 saturated carbocycles. The molecule has 0 heterocycles. The summed E-state index contributed by atoms with van der Waals surface area (Å²) in [7, 11) is 1.48. The molecule has 0 amide bonds. The number of carboxylic acid groups (broad SMARTS) is 1. The van der Waals surface area contributed by atoms with E-state index in [0.29, 0.717) is 13.2 Å². The van der Waals surface area contributed by atoms with Gasteiger partial charge in [-0.1, -0.05) is 12.1 Å². The van der Waals surface area contributed by atoms with Gasteiger partial charge in [-0.25, -0.2) is 0 Å². The van der Waals surface area contributed by atoms with E-state index in [1.807, 2.05) is 31.2 Å². The van der Waals surface area contributed by atoms with E-state index >= 15 is 0 Å². The first-order valence-corrected chi connectivity index (χ1v) is 5.84. The van der Waals surface area contributed by atoms with Gasteiger partial charge in [0.25, 0.3) is 0 Å². The lowest BCUT2D eigenvalue weighted by atomic mass is 10.2. The van der Waals surface area contributed by atoms with E-state index in [4.69, 9.17) is 14.6 Å². The van der Waals surface area contributed by atoms with Crippen molar-refractivity contribution in [3.8, 4) is 5.75 Å². The molecule has 2 N–H and O–H groups in total. The number of carbonyl (C=O) groups is 1. The molecule has 1 atom stereocenters. The van der Waals surface area contributed by atoms with Crippen LogP contribution in [-0.4, -0.2) is 37.4 Å². The largest absolute Gasteiger partial charge is 0.494 e. The first kappa shape index (κ1) is 14.5. The van der Waals surface area contributed by atoms with E-state index in [0.717, 1.165) is 11.3 Å². The van der Waals surface area contributed by atoms with Crippen LogP contribution in [-0.2, 0) is 16.1 Å². The number of hydrogen-bond acceptors (Lipinski definition) is 4. The summed E-state index contributed by atoms with van der Waals surface area (Å²) in [6, 6.07) is 6.86.